The fourth-order valence-electron chi connectivity index (χ4n) is 0.621. The highest BCUT2D eigenvalue weighted by molar-refractivity contribution is 7.98. The van der Waals surface area contributed by atoms with Crippen LogP contribution >= 0.6 is 11.8 Å². The number of carbonyl (C=O) groups is 1. The van der Waals surface area contributed by atoms with Gasteiger partial charge in [-0.1, -0.05) is 0 Å². The SMILES string of the molecule is CSc1nccnc1C(=O)O. The quantitative estimate of drug-likeness (QED) is 0.668. The van der Waals surface area contributed by atoms with E-state index < -0.39 is 5.97 Å². The van der Waals surface area contributed by atoms with Gasteiger partial charge in [0, 0.05) is 12.4 Å². The number of aromatic nitrogens is 2. The van der Waals surface area contributed by atoms with E-state index in [0.717, 1.165) is 0 Å². The maximum absolute atomic E-state index is 10.5. The molecule has 0 aliphatic rings. The van der Waals surface area contributed by atoms with Crippen LogP contribution in [0.25, 0.3) is 0 Å². The van der Waals surface area contributed by atoms with Gasteiger partial charge in [-0.25, -0.2) is 14.8 Å². The average Bonchev–Trinajstić information content (AvgIpc) is 2.04. The third-order valence-electron chi connectivity index (χ3n) is 1.06. The first-order chi connectivity index (χ1) is 5.25. The van der Waals surface area contributed by atoms with Crippen molar-refractivity contribution in [2.45, 2.75) is 5.03 Å². The average molecular weight is 170 g/mol. The Kier molecular flexibility index (Phi) is 2.43. The summed E-state index contributed by atoms with van der Waals surface area (Å²) in [7, 11) is 0. The van der Waals surface area contributed by atoms with Crippen molar-refractivity contribution in [3.8, 4) is 0 Å². The fourth-order valence-corrected chi connectivity index (χ4v) is 1.12. The summed E-state index contributed by atoms with van der Waals surface area (Å²) >= 11 is 1.27. The van der Waals surface area contributed by atoms with E-state index in [1.807, 2.05) is 0 Å². The van der Waals surface area contributed by atoms with Crippen molar-refractivity contribution in [2.75, 3.05) is 6.26 Å². The van der Waals surface area contributed by atoms with E-state index in [1.54, 1.807) is 6.26 Å². The first-order valence-corrected chi connectivity index (χ1v) is 4.06. The molecule has 0 amide bonds. The molecule has 0 fully saturated rings. The lowest BCUT2D eigenvalue weighted by Crippen LogP contribution is -2.03. The third-order valence-corrected chi connectivity index (χ3v) is 1.75. The highest BCUT2D eigenvalue weighted by atomic mass is 32.2. The molecule has 5 heteroatoms. The third kappa shape index (κ3) is 1.68. The van der Waals surface area contributed by atoms with Crippen molar-refractivity contribution >= 4 is 17.7 Å². The standard InChI is InChI=1S/C6H6N2O2S/c1-11-5-4(6(9)10)7-2-3-8-5/h2-3H,1H3,(H,9,10). The van der Waals surface area contributed by atoms with Crippen molar-refractivity contribution in [1.29, 1.82) is 0 Å². The van der Waals surface area contributed by atoms with Crippen molar-refractivity contribution in [3.05, 3.63) is 18.1 Å². The molecule has 0 unspecified atom stereocenters. The van der Waals surface area contributed by atoms with Gasteiger partial charge in [-0.3, -0.25) is 0 Å². The monoisotopic (exact) mass is 170 g/mol. The van der Waals surface area contributed by atoms with Gasteiger partial charge >= 0.3 is 5.97 Å². The summed E-state index contributed by atoms with van der Waals surface area (Å²) in [6.45, 7) is 0. The van der Waals surface area contributed by atoms with E-state index in [9.17, 15) is 4.79 Å². The molecule has 58 valence electrons. The van der Waals surface area contributed by atoms with Crippen LogP contribution in [0.3, 0.4) is 0 Å². The van der Waals surface area contributed by atoms with E-state index in [0.29, 0.717) is 5.03 Å². The van der Waals surface area contributed by atoms with E-state index >= 15 is 0 Å². The predicted octanol–water partition coefficient (Wildman–Crippen LogP) is 0.897. The zero-order chi connectivity index (χ0) is 8.27. The molecule has 0 bridgehead atoms. The van der Waals surface area contributed by atoms with Gasteiger partial charge in [0.25, 0.3) is 0 Å². The normalized spacial score (nSPS) is 9.55. The molecule has 0 radical (unpaired) electrons. The Morgan fingerprint density at radius 3 is 2.64 bits per heavy atom. The number of rotatable bonds is 2. The molecule has 0 saturated heterocycles. The molecule has 0 aliphatic carbocycles. The van der Waals surface area contributed by atoms with Crippen molar-refractivity contribution in [2.24, 2.45) is 0 Å². The van der Waals surface area contributed by atoms with Crippen LogP contribution in [-0.4, -0.2) is 27.3 Å². The number of hydrogen-bond donors (Lipinski definition) is 1. The lowest BCUT2D eigenvalue weighted by atomic mass is 10.5. The Bertz CT molecular complexity index is 277. The lowest BCUT2D eigenvalue weighted by Gasteiger charge is -1.97. The van der Waals surface area contributed by atoms with Gasteiger partial charge in [0.1, 0.15) is 5.03 Å². The van der Waals surface area contributed by atoms with Crippen LogP contribution in [0.2, 0.25) is 0 Å². The molecule has 1 aromatic heterocycles. The van der Waals surface area contributed by atoms with Crippen LogP contribution in [0.5, 0.6) is 0 Å². The van der Waals surface area contributed by atoms with Crippen molar-refractivity contribution in [3.63, 3.8) is 0 Å². The summed E-state index contributed by atoms with van der Waals surface area (Å²) in [5.41, 5.74) is 0.0139. The molecular weight excluding hydrogens is 164 g/mol. The molecule has 1 rings (SSSR count). The molecule has 0 spiro atoms. The summed E-state index contributed by atoms with van der Waals surface area (Å²) in [6.07, 6.45) is 4.60. The van der Waals surface area contributed by atoms with E-state index in [-0.39, 0.29) is 5.69 Å². The lowest BCUT2D eigenvalue weighted by molar-refractivity contribution is 0.0685. The summed E-state index contributed by atoms with van der Waals surface area (Å²) < 4.78 is 0. The van der Waals surface area contributed by atoms with Gasteiger partial charge in [0.05, 0.1) is 0 Å². The number of thioether (sulfide) groups is 1. The molecule has 0 aromatic carbocycles. The first kappa shape index (κ1) is 8.00. The topological polar surface area (TPSA) is 63.1 Å². The first-order valence-electron chi connectivity index (χ1n) is 2.84. The van der Waals surface area contributed by atoms with Gasteiger partial charge in [-0.15, -0.1) is 11.8 Å². The number of carboxylic acids is 1. The van der Waals surface area contributed by atoms with Gasteiger partial charge in [-0.05, 0) is 6.26 Å². The van der Waals surface area contributed by atoms with Crippen LogP contribution < -0.4 is 0 Å². The molecule has 1 heterocycles. The molecule has 1 aromatic rings. The molecule has 0 aliphatic heterocycles. The Balaban J connectivity index is 3.12. The minimum absolute atomic E-state index is 0.0139. The fraction of sp³-hybridized carbons (Fsp3) is 0.167. The minimum atomic E-state index is -1.04. The van der Waals surface area contributed by atoms with Crippen LogP contribution in [-0.2, 0) is 0 Å². The second-order valence-corrected chi connectivity index (χ2v) is 2.51. The van der Waals surface area contributed by atoms with Crippen LogP contribution in [0.4, 0.5) is 0 Å². The summed E-state index contributed by atoms with van der Waals surface area (Å²) in [5.74, 6) is -1.04. The summed E-state index contributed by atoms with van der Waals surface area (Å²) in [5, 5.41) is 9.03. The number of nitrogens with zero attached hydrogens (tertiary/aromatic N) is 2. The predicted molar refractivity (Wildman–Crippen MR) is 40.8 cm³/mol. The molecule has 1 N–H and O–H groups in total. The number of hydrogen-bond acceptors (Lipinski definition) is 4. The van der Waals surface area contributed by atoms with Crippen molar-refractivity contribution < 1.29 is 9.90 Å². The van der Waals surface area contributed by atoms with Crippen molar-refractivity contribution in [1.82, 2.24) is 9.97 Å². The molecule has 0 saturated carbocycles. The minimum Gasteiger partial charge on any atom is -0.476 e. The molecule has 0 atom stereocenters. The maximum atomic E-state index is 10.5. The van der Waals surface area contributed by atoms with Crippen LogP contribution in [0, 0.1) is 0 Å². The zero-order valence-corrected chi connectivity index (χ0v) is 6.63. The van der Waals surface area contributed by atoms with E-state index in [2.05, 4.69) is 9.97 Å². The van der Waals surface area contributed by atoms with Gasteiger partial charge in [-0.2, -0.15) is 0 Å². The second kappa shape index (κ2) is 3.34. The number of aromatic carboxylic acids is 1. The van der Waals surface area contributed by atoms with Gasteiger partial charge in [0.15, 0.2) is 5.69 Å². The number of carboxylic acid groups (broad SMARTS) is 1. The smallest absolute Gasteiger partial charge is 0.357 e. The molecule has 11 heavy (non-hydrogen) atoms. The van der Waals surface area contributed by atoms with Gasteiger partial charge < -0.3 is 5.11 Å². The Hall–Kier alpha value is -1.10. The Morgan fingerprint density at radius 1 is 1.55 bits per heavy atom. The zero-order valence-electron chi connectivity index (χ0n) is 5.81. The summed E-state index contributed by atoms with van der Waals surface area (Å²) in [6, 6.07) is 0. The highest BCUT2D eigenvalue weighted by Gasteiger charge is 2.10. The van der Waals surface area contributed by atoms with E-state index in [4.69, 9.17) is 5.11 Å². The van der Waals surface area contributed by atoms with Crippen LogP contribution in [0.15, 0.2) is 17.4 Å². The second-order valence-electron chi connectivity index (χ2n) is 1.72. The van der Waals surface area contributed by atoms with Crippen LogP contribution in [0.1, 0.15) is 10.5 Å². The van der Waals surface area contributed by atoms with Gasteiger partial charge in [0.2, 0.25) is 0 Å². The molecular formula is C6H6N2O2S. The summed E-state index contributed by atoms with van der Waals surface area (Å²) in [4.78, 5) is 18.0. The molecule has 4 nitrogen and oxygen atoms in total. The maximum Gasteiger partial charge on any atom is 0.357 e. The Labute approximate surface area is 67.7 Å². The largest absolute Gasteiger partial charge is 0.476 e. The Morgan fingerprint density at radius 2 is 2.18 bits per heavy atom. The highest BCUT2D eigenvalue weighted by Crippen LogP contribution is 2.13. The van der Waals surface area contributed by atoms with E-state index in [1.165, 1.54) is 24.2 Å².